The van der Waals surface area contributed by atoms with Gasteiger partial charge in [0.05, 0.1) is 5.56 Å². The summed E-state index contributed by atoms with van der Waals surface area (Å²) in [6.07, 6.45) is 0.502. The highest BCUT2D eigenvalue weighted by Crippen LogP contribution is 2.39. The molecule has 5 heteroatoms. The van der Waals surface area contributed by atoms with Gasteiger partial charge in [-0.1, -0.05) is 18.2 Å². The summed E-state index contributed by atoms with van der Waals surface area (Å²) in [4.78, 5) is 25.3. The van der Waals surface area contributed by atoms with E-state index >= 15 is 0 Å². The van der Waals surface area contributed by atoms with Crippen LogP contribution in [0.4, 0.5) is 0 Å². The first kappa shape index (κ1) is 10.8. The van der Waals surface area contributed by atoms with Crippen molar-refractivity contribution >= 4 is 11.9 Å². The smallest absolute Gasteiger partial charge is 0.338 e. The minimum atomic E-state index is -2.34. The number of fused-ring (bicyclic) bond motifs is 2. The Kier molecular flexibility index (Phi) is 2.82. The molecule has 0 aromatic heterocycles. The van der Waals surface area contributed by atoms with Gasteiger partial charge in [-0.05, 0) is 32.0 Å². The molecular formula is C16H19NO4. The zero-order valence-corrected chi connectivity index (χ0v) is 11.4. The topological polar surface area (TPSA) is 66.8 Å². The number of esters is 1. The molecule has 0 amide bonds. The van der Waals surface area contributed by atoms with E-state index in [1.807, 2.05) is 0 Å². The van der Waals surface area contributed by atoms with Crippen LogP contribution in [-0.4, -0.2) is 47.1 Å². The number of rotatable bonds is 3. The van der Waals surface area contributed by atoms with Crippen molar-refractivity contribution in [3.8, 4) is 0 Å². The summed E-state index contributed by atoms with van der Waals surface area (Å²) in [7, 11) is 0. The predicted molar refractivity (Wildman–Crippen MR) is 76.0 cm³/mol. The van der Waals surface area contributed by atoms with E-state index in [1.54, 1.807) is 30.3 Å². The number of carbonyl (C=O) groups excluding carboxylic acids is 1. The van der Waals surface area contributed by atoms with Crippen LogP contribution in [0.1, 0.15) is 33.7 Å². The second kappa shape index (κ2) is 5.48. The fraction of sp³-hybridized carbons (Fsp3) is 0.500. The standard InChI is InChI=1S/C16H19NO4/c1-17-11-7-8-12(17)14(15(18)19)13(9-11)21-16(20)10-5-3-2-4-6-10/h2-6,11-14H,7-9H2,1H3,(H,18,19)/t11-,12+,13-,14+/m0/s1/i1D3. The van der Waals surface area contributed by atoms with Crippen molar-refractivity contribution in [2.75, 3.05) is 6.98 Å². The van der Waals surface area contributed by atoms with Gasteiger partial charge in [0.1, 0.15) is 12.0 Å². The van der Waals surface area contributed by atoms with Gasteiger partial charge in [0, 0.05) is 22.6 Å². The molecule has 1 N–H and O–H groups in total. The van der Waals surface area contributed by atoms with Crippen molar-refractivity contribution in [1.29, 1.82) is 0 Å². The molecule has 5 nitrogen and oxygen atoms in total. The van der Waals surface area contributed by atoms with Crippen molar-refractivity contribution < 1.29 is 23.5 Å². The second-order valence-corrected chi connectivity index (χ2v) is 5.62. The molecule has 1 aromatic rings. The highest BCUT2D eigenvalue weighted by molar-refractivity contribution is 5.89. The third-order valence-electron chi connectivity index (χ3n) is 4.42. The van der Waals surface area contributed by atoms with E-state index in [2.05, 4.69) is 0 Å². The lowest BCUT2D eigenvalue weighted by atomic mass is 9.87. The zero-order valence-electron chi connectivity index (χ0n) is 14.4. The van der Waals surface area contributed by atoms with Gasteiger partial charge >= 0.3 is 11.9 Å². The molecule has 0 aliphatic carbocycles. The minimum absolute atomic E-state index is 0.227. The van der Waals surface area contributed by atoms with E-state index in [0.717, 1.165) is 0 Å². The fourth-order valence-corrected chi connectivity index (χ4v) is 3.38. The van der Waals surface area contributed by atoms with E-state index < -0.39 is 37.0 Å². The molecule has 3 rings (SSSR count). The van der Waals surface area contributed by atoms with Gasteiger partial charge in [-0.2, -0.15) is 0 Å². The summed E-state index contributed by atoms with van der Waals surface area (Å²) in [5.41, 5.74) is 0.354. The number of hydrogen-bond acceptors (Lipinski definition) is 4. The van der Waals surface area contributed by atoms with Gasteiger partial charge in [-0.25, -0.2) is 4.79 Å². The number of nitrogens with zero attached hydrogens (tertiary/aromatic N) is 1. The summed E-state index contributed by atoms with van der Waals surface area (Å²) >= 11 is 0. The van der Waals surface area contributed by atoms with Crippen LogP contribution in [0.15, 0.2) is 30.3 Å². The first-order chi connectivity index (χ1) is 11.3. The van der Waals surface area contributed by atoms with Gasteiger partial charge in [-0.15, -0.1) is 0 Å². The van der Waals surface area contributed by atoms with Gasteiger partial charge in [-0.3, -0.25) is 9.69 Å². The van der Waals surface area contributed by atoms with Gasteiger partial charge in [0.2, 0.25) is 0 Å². The zero-order chi connectivity index (χ0) is 17.5. The van der Waals surface area contributed by atoms with Crippen molar-refractivity contribution in [2.45, 2.75) is 37.5 Å². The van der Waals surface area contributed by atoms with Crippen LogP contribution in [-0.2, 0) is 9.53 Å². The molecule has 0 saturated carbocycles. The van der Waals surface area contributed by atoms with Crippen molar-refractivity contribution in [1.82, 2.24) is 4.90 Å². The third kappa shape index (κ3) is 2.53. The molecule has 112 valence electrons. The Balaban J connectivity index is 1.82. The number of carboxylic acid groups (broad SMARTS) is 1. The van der Waals surface area contributed by atoms with E-state index in [1.165, 1.54) is 4.90 Å². The average Bonchev–Trinajstić information content (AvgIpc) is 2.83. The number of benzene rings is 1. The predicted octanol–water partition coefficient (Wildman–Crippen LogP) is 1.78. The summed E-state index contributed by atoms with van der Waals surface area (Å²) < 4.78 is 28.4. The molecular weight excluding hydrogens is 270 g/mol. The highest BCUT2D eigenvalue weighted by Gasteiger charge is 2.50. The molecule has 0 spiro atoms. The molecule has 4 atom stereocenters. The van der Waals surface area contributed by atoms with Crippen LogP contribution in [0.3, 0.4) is 0 Å². The number of piperidine rings is 1. The first-order valence-corrected chi connectivity index (χ1v) is 7.06. The maximum Gasteiger partial charge on any atom is 0.338 e. The summed E-state index contributed by atoms with van der Waals surface area (Å²) in [6, 6.07) is 7.45. The second-order valence-electron chi connectivity index (χ2n) is 5.62. The van der Waals surface area contributed by atoms with Crippen LogP contribution in [0.25, 0.3) is 0 Å². The third-order valence-corrected chi connectivity index (χ3v) is 4.42. The molecule has 2 heterocycles. The molecule has 1 aromatic carbocycles. The summed E-state index contributed by atoms with van der Waals surface area (Å²) in [5, 5.41) is 9.59. The maximum absolute atomic E-state index is 12.3. The Morgan fingerprint density at radius 3 is 2.76 bits per heavy atom. The number of carboxylic acids is 1. The molecule has 2 aliphatic rings. The molecule has 2 saturated heterocycles. The van der Waals surface area contributed by atoms with E-state index in [4.69, 9.17) is 8.85 Å². The normalized spacial score (nSPS) is 34.6. The number of ether oxygens (including phenoxy) is 1. The quantitative estimate of drug-likeness (QED) is 0.860. The number of hydrogen-bond donors (Lipinski definition) is 1. The maximum atomic E-state index is 12.3. The van der Waals surface area contributed by atoms with Crippen LogP contribution in [0, 0.1) is 5.92 Å². The number of carbonyl (C=O) groups is 2. The lowest BCUT2D eigenvalue weighted by molar-refractivity contribution is -0.152. The number of aliphatic carboxylic acids is 1. The summed E-state index contributed by atoms with van der Waals surface area (Å²) in [6.45, 7) is -2.34. The van der Waals surface area contributed by atoms with Crippen LogP contribution < -0.4 is 0 Å². The fourth-order valence-electron chi connectivity index (χ4n) is 3.38. The molecule has 0 unspecified atom stereocenters. The van der Waals surface area contributed by atoms with Crippen molar-refractivity contribution in [2.24, 2.45) is 5.92 Å². The van der Waals surface area contributed by atoms with E-state index in [0.29, 0.717) is 18.4 Å². The van der Waals surface area contributed by atoms with Gasteiger partial charge < -0.3 is 9.84 Å². The molecule has 21 heavy (non-hydrogen) atoms. The van der Waals surface area contributed by atoms with E-state index in [-0.39, 0.29) is 12.5 Å². The molecule has 2 aliphatic heterocycles. The Bertz CT molecular complexity index is 634. The minimum Gasteiger partial charge on any atom is -0.481 e. The molecule has 0 radical (unpaired) electrons. The molecule has 2 fully saturated rings. The van der Waals surface area contributed by atoms with Crippen LogP contribution in [0.5, 0.6) is 0 Å². The monoisotopic (exact) mass is 292 g/mol. The lowest BCUT2D eigenvalue weighted by Gasteiger charge is -2.40. The average molecular weight is 292 g/mol. The highest BCUT2D eigenvalue weighted by atomic mass is 16.5. The van der Waals surface area contributed by atoms with E-state index in [9.17, 15) is 14.7 Å². The Morgan fingerprint density at radius 1 is 1.33 bits per heavy atom. The van der Waals surface area contributed by atoms with Gasteiger partial charge in [0.15, 0.2) is 0 Å². The largest absolute Gasteiger partial charge is 0.481 e. The SMILES string of the molecule is [2H]C([2H])([2H])N1[C@H]2CC[C@@H]1[C@@H](C(=O)O)[C@@H](OC(=O)c1ccccc1)C2. The van der Waals surface area contributed by atoms with Crippen molar-refractivity contribution in [3.05, 3.63) is 35.9 Å². The summed E-state index contributed by atoms with van der Waals surface area (Å²) in [5.74, 6) is -2.73. The molecule has 2 bridgehead atoms. The van der Waals surface area contributed by atoms with Gasteiger partial charge in [0.25, 0.3) is 0 Å². The van der Waals surface area contributed by atoms with Crippen LogP contribution in [0.2, 0.25) is 0 Å². The Hall–Kier alpha value is -1.88. The van der Waals surface area contributed by atoms with Crippen LogP contribution >= 0.6 is 0 Å². The Labute approximate surface area is 127 Å². The van der Waals surface area contributed by atoms with Crippen molar-refractivity contribution in [3.63, 3.8) is 0 Å². The Morgan fingerprint density at radius 2 is 2.10 bits per heavy atom. The first-order valence-electron chi connectivity index (χ1n) is 8.56. The lowest BCUT2D eigenvalue weighted by Crippen LogP contribution is -2.53.